The molecule has 0 radical (unpaired) electrons. The summed E-state index contributed by atoms with van der Waals surface area (Å²) in [7, 11) is 3.53. The van der Waals surface area contributed by atoms with Gasteiger partial charge in [0.2, 0.25) is 5.91 Å². The van der Waals surface area contributed by atoms with E-state index in [-0.39, 0.29) is 11.9 Å². The maximum atomic E-state index is 11.6. The number of aromatic nitrogens is 1. The van der Waals surface area contributed by atoms with Crippen LogP contribution in [-0.4, -0.2) is 35.9 Å². The molecule has 0 fully saturated rings. The van der Waals surface area contributed by atoms with Crippen molar-refractivity contribution in [2.24, 2.45) is 0 Å². The van der Waals surface area contributed by atoms with Crippen LogP contribution in [0.1, 0.15) is 23.7 Å². The second-order valence-electron chi connectivity index (χ2n) is 3.91. The van der Waals surface area contributed by atoms with Crippen molar-refractivity contribution in [3.8, 4) is 0 Å². The highest BCUT2D eigenvalue weighted by atomic mass is 32.1. The molecule has 16 heavy (non-hydrogen) atoms. The SMILES string of the molecule is CCc1ncc(CN[C@H](C)C(=O)N(C)C)s1. The van der Waals surface area contributed by atoms with E-state index in [1.807, 2.05) is 13.1 Å². The van der Waals surface area contributed by atoms with Crippen LogP contribution in [0.4, 0.5) is 0 Å². The fourth-order valence-corrected chi connectivity index (χ4v) is 2.13. The molecule has 1 N–H and O–H groups in total. The maximum Gasteiger partial charge on any atom is 0.238 e. The molecule has 0 aliphatic carbocycles. The minimum absolute atomic E-state index is 0.0974. The Hall–Kier alpha value is -0.940. The molecule has 0 aliphatic heterocycles. The van der Waals surface area contributed by atoms with E-state index in [9.17, 15) is 4.79 Å². The summed E-state index contributed by atoms with van der Waals surface area (Å²) in [5.74, 6) is 0.0974. The standard InChI is InChI=1S/C11H19N3OS/c1-5-10-13-7-9(16-10)6-12-8(2)11(15)14(3)4/h7-8,12H,5-6H2,1-4H3/t8-/m1/s1. The summed E-state index contributed by atoms with van der Waals surface area (Å²) >= 11 is 1.70. The number of aryl methyl sites for hydroxylation is 1. The summed E-state index contributed by atoms with van der Waals surface area (Å²) in [5, 5.41) is 4.34. The van der Waals surface area contributed by atoms with Crippen LogP contribution in [0.2, 0.25) is 0 Å². The van der Waals surface area contributed by atoms with E-state index in [2.05, 4.69) is 17.2 Å². The Morgan fingerprint density at radius 2 is 2.31 bits per heavy atom. The van der Waals surface area contributed by atoms with Gasteiger partial charge < -0.3 is 10.2 Å². The molecule has 1 aromatic rings. The summed E-state index contributed by atoms with van der Waals surface area (Å²) in [5.41, 5.74) is 0. The molecule has 0 aliphatic rings. The zero-order valence-corrected chi connectivity index (χ0v) is 11.1. The first-order valence-corrected chi connectivity index (χ1v) is 6.24. The average molecular weight is 241 g/mol. The molecule has 0 saturated heterocycles. The molecule has 1 rings (SSSR count). The topological polar surface area (TPSA) is 45.2 Å². The fourth-order valence-electron chi connectivity index (χ4n) is 1.32. The second-order valence-corrected chi connectivity index (χ2v) is 5.11. The Kier molecular flexibility index (Phi) is 4.89. The minimum Gasteiger partial charge on any atom is -0.347 e. The lowest BCUT2D eigenvalue weighted by Crippen LogP contribution is -2.40. The van der Waals surface area contributed by atoms with Gasteiger partial charge in [-0.2, -0.15) is 0 Å². The molecule has 1 atom stereocenters. The van der Waals surface area contributed by atoms with Gasteiger partial charge in [0.15, 0.2) is 0 Å². The van der Waals surface area contributed by atoms with Gasteiger partial charge in [-0.15, -0.1) is 11.3 Å². The lowest BCUT2D eigenvalue weighted by Gasteiger charge is -2.17. The lowest BCUT2D eigenvalue weighted by atomic mass is 10.3. The third-order valence-corrected chi connectivity index (χ3v) is 3.44. The first-order chi connectivity index (χ1) is 7.54. The molecular formula is C11H19N3OS. The zero-order chi connectivity index (χ0) is 12.1. The van der Waals surface area contributed by atoms with Gasteiger partial charge in [0, 0.05) is 31.7 Å². The zero-order valence-electron chi connectivity index (χ0n) is 10.3. The third-order valence-electron chi connectivity index (χ3n) is 2.30. The predicted octanol–water partition coefficient (Wildman–Crippen LogP) is 1.27. The van der Waals surface area contributed by atoms with Crippen molar-refractivity contribution in [1.82, 2.24) is 15.2 Å². The molecule has 5 heteroatoms. The van der Waals surface area contributed by atoms with Crippen LogP contribution in [0.15, 0.2) is 6.20 Å². The number of rotatable bonds is 5. The molecule has 0 unspecified atom stereocenters. The van der Waals surface area contributed by atoms with Crippen LogP contribution in [0, 0.1) is 0 Å². The van der Waals surface area contributed by atoms with E-state index in [1.165, 1.54) is 4.88 Å². The van der Waals surface area contributed by atoms with Gasteiger partial charge in [0.1, 0.15) is 0 Å². The summed E-state index contributed by atoms with van der Waals surface area (Å²) in [6.45, 7) is 4.68. The van der Waals surface area contributed by atoms with Crippen LogP contribution in [0.25, 0.3) is 0 Å². The molecule has 0 aromatic carbocycles. The first-order valence-electron chi connectivity index (χ1n) is 5.42. The highest BCUT2D eigenvalue weighted by Gasteiger charge is 2.14. The van der Waals surface area contributed by atoms with Gasteiger partial charge in [0.05, 0.1) is 11.0 Å². The van der Waals surface area contributed by atoms with Crippen LogP contribution < -0.4 is 5.32 Å². The van der Waals surface area contributed by atoms with Crippen LogP contribution in [0.5, 0.6) is 0 Å². The number of likely N-dealkylation sites (N-methyl/N-ethyl adjacent to an activating group) is 1. The van der Waals surface area contributed by atoms with Crippen LogP contribution in [-0.2, 0) is 17.8 Å². The summed E-state index contributed by atoms with van der Waals surface area (Å²) < 4.78 is 0. The number of nitrogens with zero attached hydrogens (tertiary/aromatic N) is 2. The maximum absolute atomic E-state index is 11.6. The van der Waals surface area contributed by atoms with Crippen LogP contribution in [0.3, 0.4) is 0 Å². The first kappa shape index (κ1) is 13.1. The molecule has 1 heterocycles. The molecular weight excluding hydrogens is 222 g/mol. The van der Waals surface area contributed by atoms with E-state index in [0.717, 1.165) is 11.4 Å². The molecule has 0 bridgehead atoms. The Balaban J connectivity index is 2.42. The van der Waals surface area contributed by atoms with E-state index in [0.29, 0.717) is 6.54 Å². The number of nitrogens with one attached hydrogen (secondary N) is 1. The number of carbonyl (C=O) groups excluding carboxylic acids is 1. The van der Waals surface area contributed by atoms with E-state index in [1.54, 1.807) is 30.3 Å². The summed E-state index contributed by atoms with van der Waals surface area (Å²) in [6.07, 6.45) is 2.85. The van der Waals surface area contributed by atoms with Gasteiger partial charge in [-0.25, -0.2) is 4.98 Å². The normalized spacial score (nSPS) is 12.5. The van der Waals surface area contributed by atoms with Crippen molar-refractivity contribution in [2.45, 2.75) is 32.9 Å². The Morgan fingerprint density at radius 1 is 1.62 bits per heavy atom. The molecule has 4 nitrogen and oxygen atoms in total. The van der Waals surface area contributed by atoms with Crippen molar-refractivity contribution in [3.63, 3.8) is 0 Å². The quantitative estimate of drug-likeness (QED) is 0.844. The average Bonchev–Trinajstić information content (AvgIpc) is 2.72. The van der Waals surface area contributed by atoms with E-state index < -0.39 is 0 Å². The van der Waals surface area contributed by atoms with Gasteiger partial charge in [-0.1, -0.05) is 6.92 Å². The number of hydrogen-bond donors (Lipinski definition) is 1. The van der Waals surface area contributed by atoms with Crippen molar-refractivity contribution >= 4 is 17.2 Å². The molecule has 0 spiro atoms. The molecule has 90 valence electrons. The van der Waals surface area contributed by atoms with Crippen molar-refractivity contribution in [1.29, 1.82) is 0 Å². The molecule has 0 saturated carbocycles. The number of thiazole rings is 1. The number of amides is 1. The summed E-state index contributed by atoms with van der Waals surface area (Å²) in [4.78, 5) is 18.6. The molecule has 1 amide bonds. The Bertz CT molecular complexity index is 349. The fraction of sp³-hybridized carbons (Fsp3) is 0.636. The van der Waals surface area contributed by atoms with Crippen LogP contribution >= 0.6 is 11.3 Å². The number of hydrogen-bond acceptors (Lipinski definition) is 4. The Labute approximate surface area is 101 Å². The summed E-state index contributed by atoms with van der Waals surface area (Å²) in [6, 6.07) is -0.151. The van der Waals surface area contributed by atoms with Gasteiger partial charge in [0.25, 0.3) is 0 Å². The highest BCUT2D eigenvalue weighted by molar-refractivity contribution is 7.11. The predicted molar refractivity (Wildman–Crippen MR) is 66.5 cm³/mol. The van der Waals surface area contributed by atoms with E-state index in [4.69, 9.17) is 0 Å². The minimum atomic E-state index is -0.151. The highest BCUT2D eigenvalue weighted by Crippen LogP contribution is 2.13. The largest absolute Gasteiger partial charge is 0.347 e. The van der Waals surface area contributed by atoms with Crippen molar-refractivity contribution in [2.75, 3.05) is 14.1 Å². The van der Waals surface area contributed by atoms with Crippen molar-refractivity contribution in [3.05, 3.63) is 16.1 Å². The molecule has 1 aromatic heterocycles. The lowest BCUT2D eigenvalue weighted by molar-refractivity contribution is -0.130. The number of carbonyl (C=O) groups is 1. The smallest absolute Gasteiger partial charge is 0.238 e. The monoisotopic (exact) mass is 241 g/mol. The second kappa shape index (κ2) is 5.96. The third kappa shape index (κ3) is 3.57. The van der Waals surface area contributed by atoms with Crippen molar-refractivity contribution < 1.29 is 4.79 Å². The Morgan fingerprint density at radius 3 is 2.81 bits per heavy atom. The van der Waals surface area contributed by atoms with Gasteiger partial charge in [-0.05, 0) is 13.3 Å². The van der Waals surface area contributed by atoms with Gasteiger partial charge in [-0.3, -0.25) is 4.79 Å². The van der Waals surface area contributed by atoms with Gasteiger partial charge >= 0.3 is 0 Å². The van der Waals surface area contributed by atoms with E-state index >= 15 is 0 Å².